The Bertz CT molecular complexity index is 377. The fraction of sp³-hybridized carbons (Fsp3) is 0.818. The first-order valence-corrected chi connectivity index (χ1v) is 5.98. The van der Waals surface area contributed by atoms with Crippen molar-refractivity contribution in [2.24, 2.45) is 10.7 Å². The molecule has 6 heteroatoms. The third-order valence-corrected chi connectivity index (χ3v) is 4.27. The highest BCUT2D eigenvalue weighted by Crippen LogP contribution is 2.44. The van der Waals surface area contributed by atoms with Crippen LogP contribution in [0.25, 0.3) is 0 Å². The Morgan fingerprint density at radius 2 is 1.82 bits per heavy atom. The van der Waals surface area contributed by atoms with E-state index in [0.717, 1.165) is 25.7 Å². The molecular weight excluding hydrogens is 222 g/mol. The highest BCUT2D eigenvalue weighted by molar-refractivity contribution is 6.05. The van der Waals surface area contributed by atoms with E-state index in [2.05, 4.69) is 4.99 Å². The molecule has 3 rings (SSSR count). The van der Waals surface area contributed by atoms with E-state index in [0.29, 0.717) is 19.0 Å². The van der Waals surface area contributed by atoms with Crippen LogP contribution in [-0.2, 0) is 9.47 Å². The van der Waals surface area contributed by atoms with Crippen LogP contribution < -0.4 is 5.73 Å². The highest BCUT2D eigenvalue weighted by Gasteiger charge is 2.53. The zero-order valence-electron chi connectivity index (χ0n) is 9.94. The largest absolute Gasteiger partial charge is 0.385 e. The third-order valence-electron chi connectivity index (χ3n) is 4.27. The second-order valence-corrected chi connectivity index (χ2v) is 4.98. The van der Waals surface area contributed by atoms with Crippen LogP contribution in [0.3, 0.4) is 0 Å². The van der Waals surface area contributed by atoms with Gasteiger partial charge in [-0.3, -0.25) is 0 Å². The standard InChI is InChI=1S/C11H17N3O3/c1-14-9(15)13-8(12)10(14)2-4-11(5-3-10)16-6-7-17-11/h2-7H2,1H3,(H2,12,13,15). The number of urea groups is 1. The maximum atomic E-state index is 11.6. The molecule has 6 nitrogen and oxygen atoms in total. The number of likely N-dealkylation sites (N-methyl/N-ethyl adjacent to an activating group) is 1. The van der Waals surface area contributed by atoms with Gasteiger partial charge < -0.3 is 20.1 Å². The number of hydrogen-bond donors (Lipinski definition) is 1. The lowest BCUT2D eigenvalue weighted by atomic mass is 9.77. The zero-order valence-corrected chi connectivity index (χ0v) is 9.94. The van der Waals surface area contributed by atoms with E-state index >= 15 is 0 Å². The smallest absolute Gasteiger partial charge is 0.345 e. The molecule has 0 bridgehead atoms. The average molecular weight is 239 g/mol. The minimum Gasteiger partial charge on any atom is -0.385 e. The maximum Gasteiger partial charge on any atom is 0.345 e. The lowest BCUT2D eigenvalue weighted by Crippen LogP contribution is -2.57. The molecule has 2 amide bonds. The van der Waals surface area contributed by atoms with Crippen molar-refractivity contribution in [3.63, 3.8) is 0 Å². The van der Waals surface area contributed by atoms with Gasteiger partial charge in [-0.1, -0.05) is 0 Å². The van der Waals surface area contributed by atoms with E-state index < -0.39 is 11.3 Å². The Labute approximate surface area is 99.8 Å². The van der Waals surface area contributed by atoms with Crippen molar-refractivity contribution in [3.05, 3.63) is 0 Å². The number of hydrogen-bond acceptors (Lipinski definition) is 4. The molecule has 2 aliphatic heterocycles. The minimum atomic E-state index is -0.433. The molecule has 0 radical (unpaired) electrons. The van der Waals surface area contributed by atoms with Crippen molar-refractivity contribution in [1.82, 2.24) is 4.90 Å². The molecule has 2 fully saturated rings. The van der Waals surface area contributed by atoms with Crippen molar-refractivity contribution in [3.8, 4) is 0 Å². The first kappa shape index (κ1) is 11.0. The van der Waals surface area contributed by atoms with Crippen LogP contribution in [-0.4, -0.2) is 48.4 Å². The number of ether oxygens (including phenoxy) is 2. The Morgan fingerprint density at radius 3 is 2.29 bits per heavy atom. The zero-order chi connectivity index (χ0) is 12.1. The van der Waals surface area contributed by atoms with Gasteiger partial charge in [0.2, 0.25) is 0 Å². The topological polar surface area (TPSA) is 77.2 Å². The number of carbonyl (C=O) groups is 1. The lowest BCUT2D eigenvalue weighted by molar-refractivity contribution is -0.185. The molecule has 0 unspecified atom stereocenters. The van der Waals surface area contributed by atoms with Crippen LogP contribution in [0.2, 0.25) is 0 Å². The Morgan fingerprint density at radius 1 is 1.24 bits per heavy atom. The molecule has 17 heavy (non-hydrogen) atoms. The third kappa shape index (κ3) is 1.40. The predicted molar refractivity (Wildman–Crippen MR) is 60.6 cm³/mol. The first-order valence-electron chi connectivity index (χ1n) is 5.98. The van der Waals surface area contributed by atoms with E-state index in [1.54, 1.807) is 11.9 Å². The van der Waals surface area contributed by atoms with E-state index in [1.165, 1.54) is 0 Å². The van der Waals surface area contributed by atoms with Gasteiger partial charge in [0.05, 0.1) is 13.2 Å². The molecule has 0 atom stereocenters. The lowest BCUT2D eigenvalue weighted by Gasteiger charge is -2.44. The first-order chi connectivity index (χ1) is 8.08. The molecule has 1 aliphatic carbocycles. The van der Waals surface area contributed by atoms with Gasteiger partial charge in [0, 0.05) is 19.9 Å². The predicted octanol–water partition coefficient (Wildman–Crippen LogP) is 0.465. The van der Waals surface area contributed by atoms with Crippen molar-refractivity contribution < 1.29 is 14.3 Å². The Balaban J connectivity index is 1.80. The van der Waals surface area contributed by atoms with Gasteiger partial charge in [-0.15, -0.1) is 0 Å². The van der Waals surface area contributed by atoms with E-state index in [9.17, 15) is 4.79 Å². The highest BCUT2D eigenvalue weighted by atomic mass is 16.7. The van der Waals surface area contributed by atoms with Gasteiger partial charge in [-0.2, -0.15) is 4.99 Å². The van der Waals surface area contributed by atoms with E-state index in [4.69, 9.17) is 15.2 Å². The van der Waals surface area contributed by atoms with Gasteiger partial charge in [-0.05, 0) is 12.8 Å². The van der Waals surface area contributed by atoms with Crippen molar-refractivity contribution in [2.45, 2.75) is 37.0 Å². The normalized spacial score (nSPS) is 30.3. The molecule has 2 spiro atoms. The fourth-order valence-electron chi connectivity index (χ4n) is 3.06. The van der Waals surface area contributed by atoms with Gasteiger partial charge in [0.15, 0.2) is 5.79 Å². The van der Waals surface area contributed by atoms with Crippen LogP contribution in [0.4, 0.5) is 4.79 Å². The number of aliphatic imine (C=N–C) groups is 1. The second-order valence-electron chi connectivity index (χ2n) is 4.98. The summed E-state index contributed by atoms with van der Waals surface area (Å²) >= 11 is 0. The van der Waals surface area contributed by atoms with Gasteiger partial charge >= 0.3 is 6.03 Å². The van der Waals surface area contributed by atoms with Crippen molar-refractivity contribution in [2.75, 3.05) is 20.3 Å². The summed E-state index contributed by atoms with van der Waals surface area (Å²) in [4.78, 5) is 17.1. The number of rotatable bonds is 0. The molecule has 2 heterocycles. The number of amidine groups is 1. The summed E-state index contributed by atoms with van der Waals surface area (Å²) in [5.41, 5.74) is 5.51. The van der Waals surface area contributed by atoms with Gasteiger partial charge in [0.25, 0.3) is 0 Å². The molecule has 94 valence electrons. The molecule has 0 aromatic carbocycles. The summed E-state index contributed by atoms with van der Waals surface area (Å²) < 4.78 is 11.4. The average Bonchev–Trinajstić information content (AvgIpc) is 2.84. The van der Waals surface area contributed by atoms with Crippen LogP contribution >= 0.6 is 0 Å². The van der Waals surface area contributed by atoms with Crippen LogP contribution in [0.1, 0.15) is 25.7 Å². The fourth-order valence-corrected chi connectivity index (χ4v) is 3.06. The molecule has 3 aliphatic rings. The SMILES string of the molecule is CN1C(=O)N=C(N)C12CCC1(CC2)OCCO1. The quantitative estimate of drug-likeness (QED) is 0.666. The molecule has 1 saturated carbocycles. The van der Waals surface area contributed by atoms with Crippen molar-refractivity contribution in [1.29, 1.82) is 0 Å². The number of nitrogens with two attached hydrogens (primary N) is 1. The summed E-state index contributed by atoms with van der Waals surface area (Å²) in [5.74, 6) is 0.00992. The summed E-state index contributed by atoms with van der Waals surface area (Å²) in [6.07, 6.45) is 3.04. The summed E-state index contributed by atoms with van der Waals surface area (Å²) in [7, 11) is 1.76. The maximum absolute atomic E-state index is 11.6. The molecular formula is C11H17N3O3. The van der Waals surface area contributed by atoms with Crippen LogP contribution in [0.5, 0.6) is 0 Å². The number of nitrogens with zero attached hydrogens (tertiary/aromatic N) is 2. The van der Waals surface area contributed by atoms with Gasteiger partial charge in [0.1, 0.15) is 11.4 Å². The summed E-state index contributed by atoms with van der Waals surface area (Å²) in [6.45, 7) is 1.32. The summed E-state index contributed by atoms with van der Waals surface area (Å²) in [5, 5.41) is 0. The van der Waals surface area contributed by atoms with Gasteiger partial charge in [-0.25, -0.2) is 4.79 Å². The minimum absolute atomic E-state index is 0.244. The van der Waals surface area contributed by atoms with Crippen LogP contribution in [0, 0.1) is 0 Å². The van der Waals surface area contributed by atoms with Crippen LogP contribution in [0.15, 0.2) is 4.99 Å². The number of amides is 2. The Hall–Kier alpha value is -1.14. The Kier molecular flexibility index (Phi) is 2.21. The molecule has 2 N–H and O–H groups in total. The summed E-state index contributed by atoms with van der Waals surface area (Å²) in [6, 6.07) is -0.244. The molecule has 0 aromatic rings. The number of carbonyl (C=O) groups excluding carboxylic acids is 1. The van der Waals surface area contributed by atoms with Crippen molar-refractivity contribution >= 4 is 11.9 Å². The molecule has 1 saturated heterocycles. The monoisotopic (exact) mass is 239 g/mol. The molecule has 0 aromatic heterocycles. The van der Waals surface area contributed by atoms with E-state index in [1.807, 2.05) is 0 Å². The van der Waals surface area contributed by atoms with E-state index in [-0.39, 0.29) is 6.03 Å². The second kappa shape index (κ2) is 3.43.